The van der Waals surface area contributed by atoms with Crippen molar-refractivity contribution in [2.45, 2.75) is 19.0 Å². The summed E-state index contributed by atoms with van der Waals surface area (Å²) in [5, 5.41) is 8.22. The third kappa shape index (κ3) is 2.94. The van der Waals surface area contributed by atoms with Gasteiger partial charge in [0.2, 0.25) is 0 Å². The van der Waals surface area contributed by atoms with Crippen LogP contribution in [0.4, 0.5) is 0 Å². The quantitative estimate of drug-likeness (QED) is 0.587. The van der Waals surface area contributed by atoms with E-state index in [1.54, 1.807) is 6.92 Å². The number of aliphatic hydroxyl groups excluding tert-OH is 1. The van der Waals surface area contributed by atoms with Gasteiger partial charge in [-0.15, -0.1) is 0 Å². The van der Waals surface area contributed by atoms with Gasteiger partial charge in [-0.2, -0.15) is 0 Å². The first-order valence-corrected chi connectivity index (χ1v) is 3.67. The maximum absolute atomic E-state index is 10.0. The molecule has 0 aliphatic heterocycles. The minimum atomic E-state index is -2.33. The van der Waals surface area contributed by atoms with E-state index in [1.165, 1.54) is 0 Å². The van der Waals surface area contributed by atoms with E-state index in [2.05, 4.69) is 0 Å². The predicted octanol–water partition coefficient (Wildman–Crippen LogP) is 0.930. The molecule has 4 heteroatoms. The van der Waals surface area contributed by atoms with Gasteiger partial charge in [-0.05, 0) is 13.3 Å². The molecule has 1 atom stereocenters. The zero-order valence-corrected chi connectivity index (χ0v) is 5.60. The van der Waals surface area contributed by atoms with E-state index in [4.69, 9.17) is 5.11 Å². The Kier molecular flexibility index (Phi) is 3.75. The average molecular weight is 136 g/mol. The molecule has 1 unspecified atom stereocenters. The molecule has 0 aromatic carbocycles. The van der Waals surface area contributed by atoms with Gasteiger partial charge in [0, 0.05) is 6.61 Å². The SMILES string of the molecule is CC(CCO)P(=O)=O. The van der Waals surface area contributed by atoms with Crippen molar-refractivity contribution in [2.24, 2.45) is 0 Å². The largest absolute Gasteiger partial charge is 0.396 e. The van der Waals surface area contributed by atoms with E-state index >= 15 is 0 Å². The third-order valence-corrected chi connectivity index (χ3v) is 1.88. The van der Waals surface area contributed by atoms with E-state index in [1.807, 2.05) is 0 Å². The molecule has 0 aliphatic carbocycles. The van der Waals surface area contributed by atoms with Gasteiger partial charge < -0.3 is 5.11 Å². The molecule has 3 nitrogen and oxygen atoms in total. The van der Waals surface area contributed by atoms with Gasteiger partial charge in [-0.25, -0.2) is 9.13 Å². The lowest BCUT2D eigenvalue weighted by Gasteiger charge is -1.93. The summed E-state index contributed by atoms with van der Waals surface area (Å²) in [4.78, 5) is 0. The number of hydrogen-bond acceptors (Lipinski definition) is 3. The number of hydrogen-bond donors (Lipinski definition) is 1. The Balaban J connectivity index is 3.48. The fourth-order valence-electron chi connectivity index (χ4n) is 0.292. The zero-order valence-electron chi connectivity index (χ0n) is 4.70. The average Bonchev–Trinajstić information content (AvgIpc) is 1.67. The first-order valence-electron chi connectivity index (χ1n) is 2.43. The molecular formula is C4H9O3P. The molecule has 0 saturated carbocycles. The summed E-state index contributed by atoms with van der Waals surface area (Å²) in [7, 11) is -2.33. The van der Waals surface area contributed by atoms with E-state index in [9.17, 15) is 9.13 Å². The lowest BCUT2D eigenvalue weighted by molar-refractivity contribution is 0.286. The molecule has 0 radical (unpaired) electrons. The zero-order chi connectivity index (χ0) is 6.57. The fourth-order valence-corrected chi connectivity index (χ4v) is 0.619. The van der Waals surface area contributed by atoms with Gasteiger partial charge in [-0.1, -0.05) is 0 Å². The second kappa shape index (κ2) is 3.81. The van der Waals surface area contributed by atoms with Crippen LogP contribution in [0.25, 0.3) is 0 Å². The Labute approximate surface area is 48.5 Å². The third-order valence-electron chi connectivity index (χ3n) is 0.907. The second-order valence-electron chi connectivity index (χ2n) is 1.65. The molecule has 0 spiro atoms. The Hall–Kier alpha value is -0.140. The molecule has 0 bridgehead atoms. The standard InChI is InChI=1S/C4H9O3P/c1-4(2-3-5)8(6)7/h4-5H,2-3H2,1H3. The number of aliphatic hydroxyl groups is 1. The van der Waals surface area contributed by atoms with Gasteiger partial charge >= 0.3 is 7.68 Å². The van der Waals surface area contributed by atoms with E-state index in [0.29, 0.717) is 6.42 Å². The predicted molar refractivity (Wildman–Crippen MR) is 29.5 cm³/mol. The van der Waals surface area contributed by atoms with Gasteiger partial charge in [0.1, 0.15) is 0 Å². The molecule has 8 heavy (non-hydrogen) atoms. The van der Waals surface area contributed by atoms with Crippen molar-refractivity contribution in [1.82, 2.24) is 0 Å². The Bertz CT molecular complexity index is 110. The molecule has 0 saturated heterocycles. The van der Waals surface area contributed by atoms with Gasteiger partial charge in [0.05, 0.1) is 5.66 Å². The summed E-state index contributed by atoms with van der Waals surface area (Å²) in [6.45, 7) is 1.52. The first kappa shape index (κ1) is 7.86. The van der Waals surface area contributed by atoms with Crippen molar-refractivity contribution in [3.05, 3.63) is 0 Å². The van der Waals surface area contributed by atoms with Crippen LogP contribution in [0.2, 0.25) is 0 Å². The maximum atomic E-state index is 10.0. The van der Waals surface area contributed by atoms with Crippen LogP contribution in [-0.4, -0.2) is 17.4 Å². The van der Waals surface area contributed by atoms with Crippen molar-refractivity contribution in [1.29, 1.82) is 0 Å². The van der Waals surface area contributed by atoms with Crippen LogP contribution >= 0.6 is 7.68 Å². The van der Waals surface area contributed by atoms with Gasteiger partial charge in [-0.3, -0.25) is 0 Å². The van der Waals surface area contributed by atoms with Crippen molar-refractivity contribution in [3.8, 4) is 0 Å². The molecule has 1 N–H and O–H groups in total. The molecule has 48 valence electrons. The molecule has 0 amide bonds. The molecule has 0 fully saturated rings. The van der Waals surface area contributed by atoms with E-state index in [0.717, 1.165) is 0 Å². The minimum Gasteiger partial charge on any atom is -0.396 e. The Morgan fingerprint density at radius 1 is 1.62 bits per heavy atom. The van der Waals surface area contributed by atoms with Crippen LogP contribution in [0.3, 0.4) is 0 Å². The lowest BCUT2D eigenvalue weighted by atomic mass is 10.3. The van der Waals surface area contributed by atoms with Crippen molar-refractivity contribution < 1.29 is 14.2 Å². The van der Waals surface area contributed by atoms with Crippen molar-refractivity contribution in [3.63, 3.8) is 0 Å². The highest BCUT2D eigenvalue weighted by atomic mass is 31.1. The maximum Gasteiger partial charge on any atom is 0.318 e. The molecular weight excluding hydrogens is 127 g/mol. The smallest absolute Gasteiger partial charge is 0.318 e. The molecule has 0 rings (SSSR count). The summed E-state index contributed by atoms with van der Waals surface area (Å²) < 4.78 is 20.0. The monoisotopic (exact) mass is 136 g/mol. The van der Waals surface area contributed by atoms with Crippen molar-refractivity contribution in [2.75, 3.05) is 6.61 Å². The van der Waals surface area contributed by atoms with Gasteiger partial charge in [0.25, 0.3) is 0 Å². The van der Waals surface area contributed by atoms with Crippen LogP contribution in [0.15, 0.2) is 0 Å². The summed E-state index contributed by atoms with van der Waals surface area (Å²) in [5.74, 6) is 0. The van der Waals surface area contributed by atoms with Crippen LogP contribution in [0.1, 0.15) is 13.3 Å². The molecule has 0 aromatic heterocycles. The van der Waals surface area contributed by atoms with Crippen LogP contribution in [0, 0.1) is 0 Å². The fraction of sp³-hybridized carbons (Fsp3) is 1.00. The minimum absolute atomic E-state index is 0.0511. The van der Waals surface area contributed by atoms with E-state index in [-0.39, 0.29) is 12.3 Å². The van der Waals surface area contributed by atoms with Crippen LogP contribution in [-0.2, 0) is 9.13 Å². The highest BCUT2D eigenvalue weighted by Gasteiger charge is 2.04. The molecule has 0 aliphatic rings. The summed E-state index contributed by atoms with van der Waals surface area (Å²) >= 11 is 0. The summed E-state index contributed by atoms with van der Waals surface area (Å²) in [6, 6.07) is 0. The first-order chi connectivity index (χ1) is 3.68. The summed E-state index contributed by atoms with van der Waals surface area (Å²) in [6.07, 6.45) is 0.346. The highest BCUT2D eigenvalue weighted by molar-refractivity contribution is 7.31. The highest BCUT2D eigenvalue weighted by Crippen LogP contribution is 2.15. The second-order valence-corrected chi connectivity index (χ2v) is 3.10. The summed E-state index contributed by atoms with van der Waals surface area (Å²) in [5.41, 5.74) is -0.380. The lowest BCUT2D eigenvalue weighted by Crippen LogP contribution is -1.95. The van der Waals surface area contributed by atoms with Crippen molar-refractivity contribution >= 4 is 7.68 Å². The van der Waals surface area contributed by atoms with Gasteiger partial charge in [0.15, 0.2) is 0 Å². The van der Waals surface area contributed by atoms with Crippen LogP contribution < -0.4 is 0 Å². The normalized spacial score (nSPS) is 13.2. The molecule has 0 heterocycles. The molecule has 0 aromatic rings. The Morgan fingerprint density at radius 3 is 2.25 bits per heavy atom. The van der Waals surface area contributed by atoms with E-state index < -0.39 is 7.68 Å². The van der Waals surface area contributed by atoms with Crippen LogP contribution in [0.5, 0.6) is 0 Å². The Morgan fingerprint density at radius 2 is 2.12 bits per heavy atom. The topological polar surface area (TPSA) is 54.4 Å². The number of rotatable bonds is 3.